The van der Waals surface area contributed by atoms with Gasteiger partial charge in [0.25, 0.3) is 0 Å². The van der Waals surface area contributed by atoms with Gasteiger partial charge in [0.1, 0.15) is 0 Å². The first-order valence-corrected chi connectivity index (χ1v) is 8.69. The van der Waals surface area contributed by atoms with E-state index in [1.807, 2.05) is 13.8 Å². The number of hydrogen-bond acceptors (Lipinski definition) is 3. The van der Waals surface area contributed by atoms with Crippen LogP contribution in [0.3, 0.4) is 0 Å². The molecule has 0 aromatic heterocycles. The second-order valence-corrected chi connectivity index (χ2v) is 6.65. The Morgan fingerprint density at radius 1 is 0.938 bits per heavy atom. The molecule has 0 spiro atoms. The lowest BCUT2D eigenvalue weighted by Gasteiger charge is -2.28. The Labute approximate surface area is 106 Å². The summed E-state index contributed by atoms with van der Waals surface area (Å²) < 4.78 is 17.3. The molecular formula is C11H25ClO3Si. The Hall–Kier alpha value is 0.387. The Balaban J connectivity index is 4.24. The van der Waals surface area contributed by atoms with Crippen molar-refractivity contribution in [2.75, 3.05) is 25.7 Å². The standard InChI is InChI=1S/C11H25ClO3Si/c1-4-7-8-11-16(13-5-2,14-6-3)15-10-9-12/h4-11H2,1-3H3. The first kappa shape index (κ1) is 16.4. The van der Waals surface area contributed by atoms with Gasteiger partial charge in [-0.3, -0.25) is 0 Å². The molecule has 0 atom stereocenters. The fraction of sp³-hybridized carbons (Fsp3) is 1.00. The van der Waals surface area contributed by atoms with E-state index in [-0.39, 0.29) is 0 Å². The molecule has 0 radical (unpaired) electrons. The Morgan fingerprint density at radius 2 is 1.56 bits per heavy atom. The zero-order chi connectivity index (χ0) is 12.3. The number of hydrogen-bond donors (Lipinski definition) is 0. The molecule has 0 aliphatic heterocycles. The van der Waals surface area contributed by atoms with Crippen molar-refractivity contribution in [3.63, 3.8) is 0 Å². The highest BCUT2D eigenvalue weighted by Gasteiger charge is 2.39. The van der Waals surface area contributed by atoms with Crippen LogP contribution in [0.15, 0.2) is 0 Å². The third-order valence-electron chi connectivity index (χ3n) is 2.21. The Morgan fingerprint density at radius 3 is 2.00 bits per heavy atom. The van der Waals surface area contributed by atoms with Gasteiger partial charge in [-0.1, -0.05) is 19.8 Å². The zero-order valence-corrected chi connectivity index (χ0v) is 12.5. The second-order valence-electron chi connectivity index (χ2n) is 3.54. The lowest BCUT2D eigenvalue weighted by Crippen LogP contribution is -2.46. The summed E-state index contributed by atoms with van der Waals surface area (Å²) in [5, 5.41) is 0. The minimum atomic E-state index is -2.44. The van der Waals surface area contributed by atoms with Crippen molar-refractivity contribution in [1.82, 2.24) is 0 Å². The maximum atomic E-state index is 5.77. The molecule has 0 fully saturated rings. The van der Waals surface area contributed by atoms with Crippen molar-refractivity contribution >= 4 is 20.4 Å². The van der Waals surface area contributed by atoms with Crippen molar-refractivity contribution in [1.29, 1.82) is 0 Å². The first-order valence-electron chi connectivity index (χ1n) is 6.22. The van der Waals surface area contributed by atoms with Gasteiger partial charge in [-0.25, -0.2) is 0 Å². The fourth-order valence-electron chi connectivity index (χ4n) is 1.57. The molecule has 0 saturated heterocycles. The van der Waals surface area contributed by atoms with Crippen LogP contribution in [0.5, 0.6) is 0 Å². The van der Waals surface area contributed by atoms with E-state index in [0.29, 0.717) is 25.7 Å². The van der Waals surface area contributed by atoms with E-state index in [0.717, 1.165) is 12.5 Å². The molecule has 0 aromatic carbocycles. The molecule has 3 nitrogen and oxygen atoms in total. The molecule has 0 saturated carbocycles. The maximum Gasteiger partial charge on any atom is 0.500 e. The topological polar surface area (TPSA) is 27.7 Å². The third-order valence-corrected chi connectivity index (χ3v) is 5.44. The van der Waals surface area contributed by atoms with Crippen molar-refractivity contribution in [3.8, 4) is 0 Å². The van der Waals surface area contributed by atoms with Crippen LogP contribution >= 0.6 is 11.6 Å². The zero-order valence-electron chi connectivity index (χ0n) is 10.8. The molecule has 0 bridgehead atoms. The summed E-state index contributed by atoms with van der Waals surface area (Å²) in [6, 6.07) is 0.902. The highest BCUT2D eigenvalue weighted by Crippen LogP contribution is 2.19. The van der Waals surface area contributed by atoms with E-state index in [1.54, 1.807) is 0 Å². The summed E-state index contributed by atoms with van der Waals surface area (Å²) in [6.45, 7) is 7.93. The largest absolute Gasteiger partial charge is 0.500 e. The summed E-state index contributed by atoms with van der Waals surface area (Å²) >= 11 is 5.66. The minimum Gasteiger partial charge on any atom is -0.374 e. The predicted octanol–water partition coefficient (Wildman–Crippen LogP) is 3.44. The van der Waals surface area contributed by atoms with Crippen molar-refractivity contribution in [2.45, 2.75) is 46.1 Å². The van der Waals surface area contributed by atoms with Crippen molar-refractivity contribution in [2.24, 2.45) is 0 Å². The number of alkyl halides is 1. The molecular weight excluding hydrogens is 244 g/mol. The van der Waals surface area contributed by atoms with Gasteiger partial charge in [-0.2, -0.15) is 0 Å². The predicted molar refractivity (Wildman–Crippen MR) is 70.0 cm³/mol. The lowest BCUT2D eigenvalue weighted by molar-refractivity contribution is 0.0712. The fourth-order valence-corrected chi connectivity index (χ4v) is 4.43. The normalized spacial score (nSPS) is 12.0. The molecule has 5 heteroatoms. The first-order chi connectivity index (χ1) is 7.74. The molecule has 0 rings (SSSR count). The van der Waals surface area contributed by atoms with Gasteiger partial charge in [0.15, 0.2) is 0 Å². The highest BCUT2D eigenvalue weighted by molar-refractivity contribution is 6.60. The smallest absolute Gasteiger partial charge is 0.374 e. The van der Waals surface area contributed by atoms with Gasteiger partial charge in [0, 0.05) is 25.1 Å². The lowest BCUT2D eigenvalue weighted by atomic mass is 10.3. The summed E-state index contributed by atoms with van der Waals surface area (Å²) in [7, 11) is -2.44. The van der Waals surface area contributed by atoms with E-state index < -0.39 is 8.80 Å². The van der Waals surface area contributed by atoms with Crippen LogP contribution < -0.4 is 0 Å². The monoisotopic (exact) mass is 268 g/mol. The summed E-state index contributed by atoms with van der Waals surface area (Å²) in [5.74, 6) is 0.489. The maximum absolute atomic E-state index is 5.77. The summed E-state index contributed by atoms with van der Waals surface area (Å²) in [5.41, 5.74) is 0. The van der Waals surface area contributed by atoms with E-state index in [1.165, 1.54) is 12.8 Å². The van der Waals surface area contributed by atoms with Gasteiger partial charge in [-0.15, -0.1) is 11.6 Å². The van der Waals surface area contributed by atoms with Crippen molar-refractivity contribution in [3.05, 3.63) is 0 Å². The molecule has 0 aromatic rings. The second kappa shape index (κ2) is 10.5. The summed E-state index contributed by atoms with van der Waals surface area (Å²) in [4.78, 5) is 0. The highest BCUT2D eigenvalue weighted by atomic mass is 35.5. The van der Waals surface area contributed by atoms with E-state index in [9.17, 15) is 0 Å². The van der Waals surface area contributed by atoms with Crippen LogP contribution in [0, 0.1) is 0 Å². The molecule has 98 valence electrons. The van der Waals surface area contributed by atoms with Gasteiger partial charge in [0.05, 0.1) is 6.61 Å². The van der Waals surface area contributed by atoms with Crippen LogP contribution in [0.4, 0.5) is 0 Å². The molecule has 16 heavy (non-hydrogen) atoms. The number of unbranched alkanes of at least 4 members (excludes halogenated alkanes) is 2. The van der Waals surface area contributed by atoms with Crippen LogP contribution in [-0.4, -0.2) is 34.5 Å². The van der Waals surface area contributed by atoms with Crippen molar-refractivity contribution < 1.29 is 13.3 Å². The molecule has 0 amide bonds. The van der Waals surface area contributed by atoms with Gasteiger partial charge in [0.2, 0.25) is 0 Å². The Kier molecular flexibility index (Phi) is 10.8. The molecule has 0 unspecified atom stereocenters. The Bertz CT molecular complexity index is 152. The molecule has 0 aliphatic carbocycles. The van der Waals surface area contributed by atoms with Crippen LogP contribution in [0.2, 0.25) is 6.04 Å². The van der Waals surface area contributed by atoms with E-state index >= 15 is 0 Å². The average Bonchev–Trinajstić information content (AvgIpc) is 2.27. The minimum absolute atomic E-state index is 0.489. The SMILES string of the molecule is CCCCC[Si](OCC)(OCC)OCCCl. The van der Waals surface area contributed by atoms with Gasteiger partial charge < -0.3 is 13.3 Å². The summed E-state index contributed by atoms with van der Waals surface area (Å²) in [6.07, 6.45) is 3.49. The van der Waals surface area contributed by atoms with E-state index in [2.05, 4.69) is 6.92 Å². The number of rotatable bonds is 11. The molecule has 0 heterocycles. The van der Waals surface area contributed by atoms with Crippen LogP contribution in [-0.2, 0) is 13.3 Å². The quantitative estimate of drug-likeness (QED) is 0.326. The van der Waals surface area contributed by atoms with Crippen LogP contribution in [0.1, 0.15) is 40.0 Å². The van der Waals surface area contributed by atoms with Gasteiger partial charge >= 0.3 is 8.80 Å². The van der Waals surface area contributed by atoms with Gasteiger partial charge in [-0.05, 0) is 20.3 Å². The average molecular weight is 269 g/mol. The number of halogens is 1. The van der Waals surface area contributed by atoms with Crippen LogP contribution in [0.25, 0.3) is 0 Å². The third kappa shape index (κ3) is 6.86. The molecule has 0 aliphatic rings. The molecule has 0 N–H and O–H groups in total. The van der Waals surface area contributed by atoms with E-state index in [4.69, 9.17) is 24.9 Å².